The molecule has 0 saturated heterocycles. The van der Waals surface area contributed by atoms with Crippen molar-refractivity contribution in [2.24, 2.45) is 5.73 Å². The number of carbonyl (C=O) groups is 2. The molecule has 1 unspecified atom stereocenters. The number of hydrogen-bond donors (Lipinski definition) is 2. The van der Waals surface area contributed by atoms with Crippen LogP contribution < -0.4 is 5.73 Å². The molecule has 1 aliphatic heterocycles. The van der Waals surface area contributed by atoms with Crippen molar-refractivity contribution in [3.05, 3.63) is 58.2 Å². The molecule has 1 heterocycles. The maximum absolute atomic E-state index is 12.0. The first-order chi connectivity index (χ1) is 10.4. The van der Waals surface area contributed by atoms with E-state index >= 15 is 0 Å². The summed E-state index contributed by atoms with van der Waals surface area (Å²) in [4.78, 5) is 23.4. The molecule has 0 fully saturated rings. The number of benzene rings is 1. The van der Waals surface area contributed by atoms with E-state index in [4.69, 9.17) is 10.5 Å². The number of Topliss-reactive ketones (excluding diaryl/α,β-unsaturated/α-hetero) is 1. The summed E-state index contributed by atoms with van der Waals surface area (Å²) in [5.74, 6) is -2.13. The van der Waals surface area contributed by atoms with Gasteiger partial charge in [-0.3, -0.25) is 4.79 Å². The Bertz CT molecular complexity index is 769. The molecule has 0 aliphatic carbocycles. The van der Waals surface area contributed by atoms with E-state index in [2.05, 4.69) is 0 Å². The van der Waals surface area contributed by atoms with Crippen molar-refractivity contribution in [3.63, 3.8) is 0 Å². The number of carbonyl (C=O) groups excluding carboxylic acids is 1. The highest BCUT2D eigenvalue weighted by Gasteiger charge is 2.35. The number of nitrogens with zero attached hydrogens (tertiary/aromatic N) is 1. The molecule has 2 rings (SSSR count). The van der Waals surface area contributed by atoms with Crippen molar-refractivity contribution < 1.29 is 19.4 Å². The summed E-state index contributed by atoms with van der Waals surface area (Å²) in [6.45, 7) is 2.91. The van der Waals surface area contributed by atoms with E-state index in [-0.39, 0.29) is 34.1 Å². The van der Waals surface area contributed by atoms with Crippen LogP contribution in [0.25, 0.3) is 0 Å². The summed E-state index contributed by atoms with van der Waals surface area (Å²) in [6.07, 6.45) is 0. The second kappa shape index (κ2) is 5.74. The highest BCUT2D eigenvalue weighted by molar-refractivity contribution is 5.98. The Hall–Kier alpha value is -3.07. The quantitative estimate of drug-likeness (QED) is 0.882. The highest BCUT2D eigenvalue weighted by atomic mass is 16.5. The number of ether oxygens (including phenoxy) is 1. The molecule has 0 saturated carbocycles. The Labute approximate surface area is 127 Å². The van der Waals surface area contributed by atoms with E-state index < -0.39 is 11.9 Å². The number of carboxylic acid groups (broad SMARTS) is 1. The maximum Gasteiger partial charge on any atom is 0.335 e. The van der Waals surface area contributed by atoms with Crippen molar-refractivity contribution in [2.45, 2.75) is 19.8 Å². The third kappa shape index (κ3) is 2.44. The van der Waals surface area contributed by atoms with E-state index in [1.165, 1.54) is 13.0 Å². The van der Waals surface area contributed by atoms with Crippen molar-refractivity contribution in [1.29, 1.82) is 5.26 Å². The lowest BCUT2D eigenvalue weighted by Gasteiger charge is -2.27. The largest absolute Gasteiger partial charge is 0.478 e. The first-order valence-corrected chi connectivity index (χ1v) is 6.50. The maximum atomic E-state index is 12.0. The minimum atomic E-state index is -1.14. The lowest BCUT2D eigenvalue weighted by molar-refractivity contribution is -0.114. The standard InChI is InChI=1S/C16H14N2O4/c1-8(19)13-9(2)22-15(18)12(7-17)14(13)10-5-3-4-6-11(10)16(20)21/h3-6,14H,18H2,1-2H3,(H,20,21). The van der Waals surface area contributed by atoms with Gasteiger partial charge in [-0.05, 0) is 25.5 Å². The van der Waals surface area contributed by atoms with Crippen LogP contribution in [-0.4, -0.2) is 16.9 Å². The molecule has 0 bridgehead atoms. The summed E-state index contributed by atoms with van der Waals surface area (Å²) in [7, 11) is 0. The van der Waals surface area contributed by atoms with Crippen LogP contribution in [0.3, 0.4) is 0 Å². The molecule has 112 valence electrons. The van der Waals surface area contributed by atoms with Gasteiger partial charge in [0.05, 0.1) is 11.5 Å². The van der Waals surface area contributed by atoms with Crippen LogP contribution >= 0.6 is 0 Å². The number of aromatic carboxylic acids is 1. The lowest BCUT2D eigenvalue weighted by atomic mass is 9.79. The Morgan fingerprint density at radius 2 is 2.00 bits per heavy atom. The smallest absolute Gasteiger partial charge is 0.335 e. The molecule has 1 aromatic carbocycles. The van der Waals surface area contributed by atoms with Gasteiger partial charge in [0, 0.05) is 5.57 Å². The van der Waals surface area contributed by atoms with E-state index in [1.54, 1.807) is 25.1 Å². The van der Waals surface area contributed by atoms with Gasteiger partial charge in [-0.15, -0.1) is 0 Å². The number of allylic oxidation sites excluding steroid dienone is 3. The van der Waals surface area contributed by atoms with Crippen molar-refractivity contribution in [3.8, 4) is 6.07 Å². The van der Waals surface area contributed by atoms with Crippen LogP contribution in [0.1, 0.15) is 35.7 Å². The summed E-state index contributed by atoms with van der Waals surface area (Å²) >= 11 is 0. The number of ketones is 1. The molecule has 0 amide bonds. The molecule has 0 spiro atoms. The predicted molar refractivity (Wildman–Crippen MR) is 77.4 cm³/mol. The zero-order chi connectivity index (χ0) is 16.4. The molecular weight excluding hydrogens is 284 g/mol. The fourth-order valence-electron chi connectivity index (χ4n) is 2.59. The lowest BCUT2D eigenvalue weighted by Crippen LogP contribution is -2.24. The minimum Gasteiger partial charge on any atom is -0.478 e. The Balaban J connectivity index is 2.78. The third-order valence-corrected chi connectivity index (χ3v) is 3.49. The first kappa shape index (κ1) is 15.3. The number of rotatable bonds is 3. The molecular formula is C16H14N2O4. The minimum absolute atomic E-state index is 0.0153. The molecule has 6 nitrogen and oxygen atoms in total. The molecule has 0 radical (unpaired) electrons. The SMILES string of the molecule is CC(=O)C1=C(C)OC(N)=C(C#N)C1c1ccccc1C(=O)O. The van der Waals surface area contributed by atoms with Crippen LogP contribution in [0.4, 0.5) is 0 Å². The van der Waals surface area contributed by atoms with E-state index in [1.807, 2.05) is 6.07 Å². The fourth-order valence-corrected chi connectivity index (χ4v) is 2.59. The molecule has 22 heavy (non-hydrogen) atoms. The summed E-state index contributed by atoms with van der Waals surface area (Å²) in [5.41, 5.74) is 6.36. The average molecular weight is 298 g/mol. The molecule has 1 atom stereocenters. The Morgan fingerprint density at radius 1 is 1.36 bits per heavy atom. The van der Waals surface area contributed by atoms with Gasteiger partial charge < -0.3 is 15.6 Å². The average Bonchev–Trinajstić information content (AvgIpc) is 2.45. The second-order valence-electron chi connectivity index (χ2n) is 4.84. The summed E-state index contributed by atoms with van der Waals surface area (Å²) < 4.78 is 5.26. The van der Waals surface area contributed by atoms with Gasteiger partial charge >= 0.3 is 5.97 Å². The highest BCUT2D eigenvalue weighted by Crippen LogP contribution is 2.40. The van der Waals surface area contributed by atoms with E-state index in [9.17, 15) is 20.0 Å². The number of carboxylic acids is 1. The molecule has 3 N–H and O–H groups in total. The van der Waals surface area contributed by atoms with Crippen molar-refractivity contribution >= 4 is 11.8 Å². The topological polar surface area (TPSA) is 113 Å². The monoisotopic (exact) mass is 298 g/mol. The van der Waals surface area contributed by atoms with E-state index in [0.717, 1.165) is 0 Å². The number of nitriles is 1. The van der Waals surface area contributed by atoms with Gasteiger partial charge in [0.15, 0.2) is 5.78 Å². The van der Waals surface area contributed by atoms with E-state index in [0.29, 0.717) is 5.56 Å². The predicted octanol–water partition coefficient (Wildman–Crippen LogP) is 2.06. The second-order valence-corrected chi connectivity index (χ2v) is 4.84. The van der Waals surface area contributed by atoms with Crippen molar-refractivity contribution in [2.75, 3.05) is 0 Å². The normalized spacial score (nSPS) is 17.8. The zero-order valence-electron chi connectivity index (χ0n) is 12.1. The molecule has 0 aromatic heterocycles. The van der Waals surface area contributed by atoms with Crippen LogP contribution in [0.2, 0.25) is 0 Å². The van der Waals surface area contributed by atoms with Gasteiger partial charge in [-0.1, -0.05) is 18.2 Å². The summed E-state index contributed by atoms with van der Waals surface area (Å²) in [5, 5.41) is 18.7. The van der Waals surface area contributed by atoms with Crippen LogP contribution in [0.5, 0.6) is 0 Å². The first-order valence-electron chi connectivity index (χ1n) is 6.50. The van der Waals surface area contributed by atoms with Gasteiger partial charge in [0.25, 0.3) is 0 Å². The molecule has 1 aromatic rings. The van der Waals surface area contributed by atoms with Gasteiger partial charge in [-0.25, -0.2) is 4.79 Å². The summed E-state index contributed by atoms with van der Waals surface area (Å²) in [6, 6.07) is 8.14. The van der Waals surface area contributed by atoms with Crippen LogP contribution in [0.15, 0.2) is 47.1 Å². The zero-order valence-corrected chi connectivity index (χ0v) is 12.1. The van der Waals surface area contributed by atoms with Gasteiger partial charge in [0.2, 0.25) is 5.88 Å². The van der Waals surface area contributed by atoms with Crippen LogP contribution in [0, 0.1) is 11.3 Å². The third-order valence-electron chi connectivity index (χ3n) is 3.49. The Kier molecular flexibility index (Phi) is 4.00. The molecule has 6 heteroatoms. The fraction of sp³-hybridized carbons (Fsp3) is 0.188. The van der Waals surface area contributed by atoms with Gasteiger partial charge in [0.1, 0.15) is 17.4 Å². The number of hydrogen-bond acceptors (Lipinski definition) is 5. The van der Waals surface area contributed by atoms with Crippen molar-refractivity contribution in [1.82, 2.24) is 0 Å². The Morgan fingerprint density at radius 3 is 2.55 bits per heavy atom. The van der Waals surface area contributed by atoms with Gasteiger partial charge in [-0.2, -0.15) is 5.26 Å². The van der Waals surface area contributed by atoms with Crippen LogP contribution in [-0.2, 0) is 9.53 Å². The number of nitrogens with two attached hydrogens (primary N) is 1. The molecule has 1 aliphatic rings.